The van der Waals surface area contributed by atoms with Gasteiger partial charge in [-0.25, -0.2) is 0 Å². The SMILES string of the molecule is CCCCN1C[C@@H](C)[C@@H](O)[C@@H](O)C1. The molecule has 1 aliphatic heterocycles. The zero-order valence-electron chi connectivity index (χ0n) is 8.61. The van der Waals surface area contributed by atoms with Crippen LogP contribution in [0.1, 0.15) is 26.7 Å². The van der Waals surface area contributed by atoms with E-state index in [0.29, 0.717) is 6.54 Å². The van der Waals surface area contributed by atoms with E-state index < -0.39 is 12.2 Å². The maximum atomic E-state index is 9.53. The maximum Gasteiger partial charge on any atom is 0.0928 e. The summed E-state index contributed by atoms with van der Waals surface area (Å²) in [5, 5.41) is 19.0. The molecular weight excluding hydrogens is 166 g/mol. The van der Waals surface area contributed by atoms with Gasteiger partial charge in [0.2, 0.25) is 0 Å². The van der Waals surface area contributed by atoms with Gasteiger partial charge in [-0.2, -0.15) is 0 Å². The Labute approximate surface area is 80.4 Å². The maximum absolute atomic E-state index is 9.53. The average Bonchev–Trinajstić information content (AvgIpc) is 2.10. The third-order valence-electron chi connectivity index (χ3n) is 2.80. The number of aliphatic hydroxyl groups is 2. The summed E-state index contributed by atoms with van der Waals surface area (Å²) in [5.41, 5.74) is 0. The number of piperidine rings is 1. The van der Waals surface area contributed by atoms with Gasteiger partial charge in [-0.15, -0.1) is 0 Å². The van der Waals surface area contributed by atoms with Crippen molar-refractivity contribution in [3.63, 3.8) is 0 Å². The Hall–Kier alpha value is -0.120. The Morgan fingerprint density at radius 3 is 2.54 bits per heavy atom. The molecule has 0 spiro atoms. The number of unbranched alkanes of at least 4 members (excludes halogenated alkanes) is 1. The van der Waals surface area contributed by atoms with Crippen LogP contribution in [0, 0.1) is 5.92 Å². The summed E-state index contributed by atoms with van der Waals surface area (Å²) in [4.78, 5) is 2.24. The molecule has 0 saturated carbocycles. The van der Waals surface area contributed by atoms with Crippen LogP contribution in [-0.4, -0.2) is 47.0 Å². The lowest BCUT2D eigenvalue weighted by Crippen LogP contribution is -2.51. The molecule has 1 rings (SSSR count). The molecule has 3 nitrogen and oxygen atoms in total. The Bertz CT molecular complexity index is 140. The molecule has 1 heterocycles. The molecule has 1 aliphatic rings. The van der Waals surface area contributed by atoms with Crippen LogP contribution in [-0.2, 0) is 0 Å². The lowest BCUT2D eigenvalue weighted by molar-refractivity contribution is -0.0688. The highest BCUT2D eigenvalue weighted by Gasteiger charge is 2.31. The van der Waals surface area contributed by atoms with Gasteiger partial charge in [0.05, 0.1) is 12.2 Å². The minimum atomic E-state index is -0.555. The lowest BCUT2D eigenvalue weighted by Gasteiger charge is -2.37. The summed E-state index contributed by atoms with van der Waals surface area (Å²) in [5.74, 6) is 0.195. The normalized spacial score (nSPS) is 36.5. The van der Waals surface area contributed by atoms with Crippen molar-refractivity contribution in [2.24, 2.45) is 5.92 Å². The van der Waals surface area contributed by atoms with Crippen LogP contribution >= 0.6 is 0 Å². The van der Waals surface area contributed by atoms with E-state index in [4.69, 9.17) is 0 Å². The number of hydrogen-bond donors (Lipinski definition) is 2. The molecule has 0 bridgehead atoms. The summed E-state index contributed by atoms with van der Waals surface area (Å²) in [6.07, 6.45) is 1.28. The van der Waals surface area contributed by atoms with Crippen molar-refractivity contribution in [2.75, 3.05) is 19.6 Å². The summed E-state index contributed by atoms with van der Waals surface area (Å²) in [6.45, 7) is 6.75. The van der Waals surface area contributed by atoms with Crippen LogP contribution in [0.25, 0.3) is 0 Å². The van der Waals surface area contributed by atoms with Crippen LogP contribution in [0.2, 0.25) is 0 Å². The van der Waals surface area contributed by atoms with Crippen LogP contribution in [0.5, 0.6) is 0 Å². The Morgan fingerprint density at radius 2 is 2.00 bits per heavy atom. The van der Waals surface area contributed by atoms with Gasteiger partial charge in [-0.3, -0.25) is 0 Å². The van der Waals surface area contributed by atoms with Gasteiger partial charge in [0.15, 0.2) is 0 Å². The summed E-state index contributed by atoms with van der Waals surface area (Å²) < 4.78 is 0. The molecule has 0 aromatic carbocycles. The molecule has 0 aromatic heterocycles. The highest BCUT2D eigenvalue weighted by molar-refractivity contribution is 4.83. The van der Waals surface area contributed by atoms with E-state index in [0.717, 1.165) is 13.1 Å². The van der Waals surface area contributed by atoms with Crippen molar-refractivity contribution in [3.8, 4) is 0 Å². The summed E-state index contributed by atoms with van der Waals surface area (Å²) in [6, 6.07) is 0. The van der Waals surface area contributed by atoms with Gasteiger partial charge in [0, 0.05) is 13.1 Å². The summed E-state index contributed by atoms with van der Waals surface area (Å²) >= 11 is 0. The third kappa shape index (κ3) is 2.93. The van der Waals surface area contributed by atoms with Crippen molar-refractivity contribution < 1.29 is 10.2 Å². The van der Waals surface area contributed by atoms with E-state index >= 15 is 0 Å². The minimum Gasteiger partial charge on any atom is -0.390 e. The fraction of sp³-hybridized carbons (Fsp3) is 1.00. The molecule has 0 aliphatic carbocycles. The van der Waals surface area contributed by atoms with Gasteiger partial charge in [0.1, 0.15) is 0 Å². The largest absolute Gasteiger partial charge is 0.390 e. The minimum absolute atomic E-state index is 0.195. The van der Waals surface area contributed by atoms with E-state index in [9.17, 15) is 10.2 Å². The predicted molar refractivity (Wildman–Crippen MR) is 52.5 cm³/mol. The zero-order chi connectivity index (χ0) is 9.84. The molecule has 1 fully saturated rings. The van der Waals surface area contributed by atoms with Gasteiger partial charge >= 0.3 is 0 Å². The smallest absolute Gasteiger partial charge is 0.0928 e. The van der Waals surface area contributed by atoms with Crippen molar-refractivity contribution in [1.82, 2.24) is 4.90 Å². The second-order valence-corrected chi connectivity index (χ2v) is 4.15. The first kappa shape index (κ1) is 11.0. The number of nitrogens with zero attached hydrogens (tertiary/aromatic N) is 1. The number of rotatable bonds is 3. The molecule has 0 radical (unpaired) electrons. The molecular formula is C10H21NO2. The van der Waals surface area contributed by atoms with Gasteiger partial charge in [-0.1, -0.05) is 20.3 Å². The molecule has 3 atom stereocenters. The molecule has 2 N–H and O–H groups in total. The number of hydrogen-bond acceptors (Lipinski definition) is 3. The third-order valence-corrected chi connectivity index (χ3v) is 2.80. The van der Waals surface area contributed by atoms with Crippen molar-refractivity contribution >= 4 is 0 Å². The monoisotopic (exact) mass is 187 g/mol. The van der Waals surface area contributed by atoms with Crippen LogP contribution in [0.15, 0.2) is 0 Å². The van der Waals surface area contributed by atoms with Crippen molar-refractivity contribution in [1.29, 1.82) is 0 Å². The molecule has 0 unspecified atom stereocenters. The second-order valence-electron chi connectivity index (χ2n) is 4.15. The fourth-order valence-electron chi connectivity index (χ4n) is 1.91. The fourth-order valence-corrected chi connectivity index (χ4v) is 1.91. The number of β-amino-alcohol motifs (C(OH)–C–C–N with tert-alkyl or cyclic N) is 1. The summed E-state index contributed by atoms with van der Waals surface area (Å²) in [7, 11) is 0. The van der Waals surface area contributed by atoms with E-state index in [-0.39, 0.29) is 5.92 Å². The molecule has 13 heavy (non-hydrogen) atoms. The quantitative estimate of drug-likeness (QED) is 0.674. The highest BCUT2D eigenvalue weighted by Crippen LogP contribution is 2.17. The van der Waals surface area contributed by atoms with Crippen molar-refractivity contribution in [2.45, 2.75) is 38.9 Å². The van der Waals surface area contributed by atoms with E-state index in [1.807, 2.05) is 6.92 Å². The Kier molecular flexibility index (Phi) is 4.16. The first-order chi connectivity index (χ1) is 6.15. The number of aliphatic hydroxyl groups excluding tert-OH is 2. The predicted octanol–water partition coefficient (Wildman–Crippen LogP) is 0.460. The van der Waals surface area contributed by atoms with E-state index in [1.54, 1.807) is 0 Å². The van der Waals surface area contributed by atoms with Crippen molar-refractivity contribution in [3.05, 3.63) is 0 Å². The zero-order valence-corrected chi connectivity index (χ0v) is 8.61. The second kappa shape index (κ2) is 4.94. The average molecular weight is 187 g/mol. The van der Waals surface area contributed by atoms with Crippen LogP contribution in [0.3, 0.4) is 0 Å². The topological polar surface area (TPSA) is 43.7 Å². The van der Waals surface area contributed by atoms with Gasteiger partial charge < -0.3 is 15.1 Å². The Balaban J connectivity index is 2.35. The first-order valence-corrected chi connectivity index (χ1v) is 5.23. The first-order valence-electron chi connectivity index (χ1n) is 5.23. The highest BCUT2D eigenvalue weighted by atomic mass is 16.3. The Morgan fingerprint density at radius 1 is 1.31 bits per heavy atom. The molecule has 3 heteroatoms. The van der Waals surface area contributed by atoms with E-state index in [2.05, 4.69) is 11.8 Å². The molecule has 0 aromatic rings. The van der Waals surface area contributed by atoms with Crippen LogP contribution in [0.4, 0.5) is 0 Å². The molecule has 0 amide bonds. The number of likely N-dealkylation sites (tertiary alicyclic amines) is 1. The van der Waals surface area contributed by atoms with Crippen LogP contribution < -0.4 is 0 Å². The van der Waals surface area contributed by atoms with Gasteiger partial charge in [-0.05, 0) is 18.9 Å². The lowest BCUT2D eigenvalue weighted by atomic mass is 9.94. The molecule has 1 saturated heterocycles. The van der Waals surface area contributed by atoms with Gasteiger partial charge in [0.25, 0.3) is 0 Å². The standard InChI is InChI=1S/C10H21NO2/c1-3-4-5-11-6-8(2)10(13)9(12)7-11/h8-10,12-13H,3-7H2,1-2H3/t8-,9+,10-/m1/s1. The van der Waals surface area contributed by atoms with E-state index in [1.165, 1.54) is 12.8 Å². The molecule has 78 valence electrons.